The van der Waals surface area contributed by atoms with E-state index in [0.717, 1.165) is 43.4 Å². The summed E-state index contributed by atoms with van der Waals surface area (Å²) in [6.07, 6.45) is 7.60. The Balaban J connectivity index is 1.44. The monoisotopic (exact) mass is 508 g/mol. The number of halogens is 2. The van der Waals surface area contributed by atoms with Crippen LogP contribution in [0.2, 0.25) is 0 Å². The maximum absolute atomic E-state index is 15.1. The van der Waals surface area contributed by atoms with Crippen molar-refractivity contribution in [3.05, 3.63) is 71.2 Å². The van der Waals surface area contributed by atoms with E-state index in [1.54, 1.807) is 12.4 Å². The van der Waals surface area contributed by atoms with E-state index in [2.05, 4.69) is 22.2 Å². The van der Waals surface area contributed by atoms with Crippen molar-refractivity contribution in [1.29, 1.82) is 0 Å². The number of carbonyl (C=O) groups excluding carboxylic acids is 1. The molecule has 0 bridgehead atoms. The molecule has 2 fully saturated rings. The van der Waals surface area contributed by atoms with Crippen LogP contribution in [-0.4, -0.2) is 32.1 Å². The second-order valence-electron chi connectivity index (χ2n) is 10.5. The Kier molecular flexibility index (Phi) is 6.68. The molecule has 1 amide bonds. The number of phenols is 1. The van der Waals surface area contributed by atoms with Gasteiger partial charge in [-0.1, -0.05) is 6.92 Å². The molecule has 2 aliphatic carbocycles. The van der Waals surface area contributed by atoms with Crippen molar-refractivity contribution in [3.63, 3.8) is 0 Å². The Morgan fingerprint density at radius 3 is 2.59 bits per heavy atom. The van der Waals surface area contributed by atoms with Crippen LogP contribution in [0.3, 0.4) is 0 Å². The Bertz CT molecular complexity index is 1310. The summed E-state index contributed by atoms with van der Waals surface area (Å²) in [5, 5.41) is 23.9. The zero-order valence-corrected chi connectivity index (χ0v) is 20.5. The predicted octanol–water partition coefficient (Wildman–Crippen LogP) is 4.98. The summed E-state index contributed by atoms with van der Waals surface area (Å²) < 4.78 is 29.8. The molecule has 1 aromatic carbocycles. The fraction of sp³-hybridized carbons (Fsp3) is 0.393. The molecule has 194 valence electrons. The Hall–Kier alpha value is -3.43. The standard InChI is InChI=1S/C28H30F2N4O3/c1-15-9-16(11-18(31)10-15)19-5-8-32-14-23(19)34-27(36)22-4-3-20(29)26(33-22)25-21(30)12-17(13-24(25)35)28(37)6-2-7-28/h3-5,8,12-16,18,35,37H,2,6-7,9-11,31H2,1H3,(H,34,36)/t15-,16+,18-/m0/s1. The van der Waals surface area contributed by atoms with Gasteiger partial charge in [0.1, 0.15) is 28.8 Å². The lowest BCUT2D eigenvalue weighted by Gasteiger charge is -2.37. The number of hydrogen-bond acceptors (Lipinski definition) is 6. The summed E-state index contributed by atoms with van der Waals surface area (Å²) in [5.41, 5.74) is 5.58. The molecular weight excluding hydrogens is 478 g/mol. The lowest BCUT2D eigenvalue weighted by Crippen LogP contribution is -2.33. The van der Waals surface area contributed by atoms with Gasteiger partial charge in [-0.05, 0) is 91.8 Å². The van der Waals surface area contributed by atoms with Crippen molar-refractivity contribution in [2.75, 3.05) is 5.32 Å². The molecule has 2 saturated carbocycles. The minimum absolute atomic E-state index is 0.0748. The van der Waals surface area contributed by atoms with Gasteiger partial charge in [0, 0.05) is 12.2 Å². The number of hydrogen-bond donors (Lipinski definition) is 4. The minimum Gasteiger partial charge on any atom is -0.507 e. The topological polar surface area (TPSA) is 121 Å². The molecule has 7 nitrogen and oxygen atoms in total. The van der Waals surface area contributed by atoms with Gasteiger partial charge < -0.3 is 21.3 Å². The van der Waals surface area contributed by atoms with E-state index in [-0.39, 0.29) is 23.2 Å². The molecule has 9 heteroatoms. The molecule has 0 spiro atoms. The third-order valence-corrected chi connectivity index (χ3v) is 7.63. The van der Waals surface area contributed by atoms with Gasteiger partial charge in [0.2, 0.25) is 0 Å². The van der Waals surface area contributed by atoms with Crippen LogP contribution in [0.4, 0.5) is 14.5 Å². The molecule has 2 aromatic heterocycles. The highest BCUT2D eigenvalue weighted by Crippen LogP contribution is 2.44. The number of phenolic OH excluding ortho intramolecular Hbond substituents is 1. The van der Waals surface area contributed by atoms with Gasteiger partial charge >= 0.3 is 0 Å². The lowest BCUT2D eigenvalue weighted by atomic mass is 9.75. The molecule has 0 unspecified atom stereocenters. The number of nitrogens with two attached hydrogens (primary N) is 1. The highest BCUT2D eigenvalue weighted by molar-refractivity contribution is 6.03. The molecule has 3 atom stereocenters. The van der Waals surface area contributed by atoms with Gasteiger partial charge in [-0.3, -0.25) is 9.78 Å². The van der Waals surface area contributed by atoms with Crippen molar-refractivity contribution in [1.82, 2.24) is 9.97 Å². The van der Waals surface area contributed by atoms with Crippen molar-refractivity contribution >= 4 is 11.6 Å². The highest BCUT2D eigenvalue weighted by Gasteiger charge is 2.37. The first-order valence-corrected chi connectivity index (χ1v) is 12.6. The minimum atomic E-state index is -1.20. The van der Waals surface area contributed by atoms with Crippen molar-refractivity contribution < 1.29 is 23.8 Å². The maximum atomic E-state index is 15.1. The van der Waals surface area contributed by atoms with Crippen LogP contribution >= 0.6 is 0 Å². The summed E-state index contributed by atoms with van der Waals surface area (Å²) in [5.74, 6) is -2.40. The van der Waals surface area contributed by atoms with Crippen LogP contribution in [0, 0.1) is 17.6 Å². The summed E-state index contributed by atoms with van der Waals surface area (Å²) >= 11 is 0. The number of carbonyl (C=O) groups is 1. The fourth-order valence-electron chi connectivity index (χ4n) is 5.60. The normalized spacial score (nSPS) is 22.8. The number of aromatic nitrogens is 2. The van der Waals surface area contributed by atoms with E-state index < -0.39 is 40.1 Å². The second-order valence-corrected chi connectivity index (χ2v) is 10.5. The number of anilines is 1. The third-order valence-electron chi connectivity index (χ3n) is 7.63. The predicted molar refractivity (Wildman–Crippen MR) is 135 cm³/mol. The average Bonchev–Trinajstić information content (AvgIpc) is 2.82. The Morgan fingerprint density at radius 2 is 1.92 bits per heavy atom. The maximum Gasteiger partial charge on any atom is 0.274 e. The number of rotatable bonds is 5. The van der Waals surface area contributed by atoms with Crippen molar-refractivity contribution in [2.45, 2.75) is 63.0 Å². The molecule has 5 rings (SSSR count). The van der Waals surface area contributed by atoms with Crippen molar-refractivity contribution in [3.8, 4) is 17.0 Å². The zero-order chi connectivity index (χ0) is 26.3. The largest absolute Gasteiger partial charge is 0.507 e. The lowest BCUT2D eigenvalue weighted by molar-refractivity contribution is -0.0391. The molecule has 5 N–H and O–H groups in total. The van der Waals surface area contributed by atoms with Gasteiger partial charge in [-0.25, -0.2) is 13.8 Å². The van der Waals surface area contributed by atoms with Crippen LogP contribution in [0.25, 0.3) is 11.3 Å². The van der Waals surface area contributed by atoms with Gasteiger partial charge in [-0.15, -0.1) is 0 Å². The first-order chi connectivity index (χ1) is 17.6. The smallest absolute Gasteiger partial charge is 0.274 e. The molecule has 0 saturated heterocycles. The van der Waals surface area contributed by atoms with Crippen molar-refractivity contribution in [2.24, 2.45) is 11.7 Å². The number of amides is 1. The molecule has 0 radical (unpaired) electrons. The van der Waals surface area contributed by atoms with Crippen LogP contribution in [0.1, 0.15) is 73.0 Å². The molecule has 37 heavy (non-hydrogen) atoms. The Morgan fingerprint density at radius 1 is 1.14 bits per heavy atom. The van der Waals surface area contributed by atoms with Crippen LogP contribution in [0.5, 0.6) is 5.75 Å². The van der Waals surface area contributed by atoms with Gasteiger partial charge in [-0.2, -0.15) is 0 Å². The first kappa shape index (κ1) is 25.2. The second kappa shape index (κ2) is 9.79. The number of nitrogens with zero attached hydrogens (tertiary/aromatic N) is 2. The number of aliphatic hydroxyl groups is 1. The zero-order valence-electron chi connectivity index (χ0n) is 20.5. The molecule has 2 heterocycles. The first-order valence-electron chi connectivity index (χ1n) is 12.6. The molecule has 3 aromatic rings. The number of aromatic hydroxyl groups is 1. The van der Waals surface area contributed by atoms with E-state index in [1.165, 1.54) is 12.1 Å². The van der Waals surface area contributed by atoms with Gasteiger partial charge in [0.05, 0.1) is 23.0 Å². The van der Waals surface area contributed by atoms with E-state index in [1.807, 2.05) is 6.07 Å². The quantitative estimate of drug-likeness (QED) is 0.386. The molecule has 0 aliphatic heterocycles. The average molecular weight is 509 g/mol. The van der Waals surface area contributed by atoms with Gasteiger partial charge in [0.25, 0.3) is 5.91 Å². The summed E-state index contributed by atoms with van der Waals surface area (Å²) in [6, 6.07) is 6.45. The Labute approximate surface area is 213 Å². The number of nitrogens with one attached hydrogen (secondary N) is 1. The SMILES string of the molecule is C[C@@H]1C[C@H](N)C[C@H](c2ccncc2NC(=O)c2ccc(F)c(-c3c(O)cc(C4(O)CCC4)cc3F)n2)C1. The number of benzene rings is 1. The summed E-state index contributed by atoms with van der Waals surface area (Å²) in [6.45, 7) is 2.16. The third kappa shape index (κ3) is 4.93. The van der Waals surface area contributed by atoms with E-state index >= 15 is 4.39 Å². The molecular formula is C28H30F2N4O3. The van der Waals surface area contributed by atoms with Crippen LogP contribution in [0.15, 0.2) is 42.7 Å². The fourth-order valence-corrected chi connectivity index (χ4v) is 5.60. The molecule has 2 aliphatic rings. The van der Waals surface area contributed by atoms with Gasteiger partial charge in [0.15, 0.2) is 0 Å². The van der Waals surface area contributed by atoms with E-state index in [0.29, 0.717) is 24.4 Å². The van der Waals surface area contributed by atoms with E-state index in [4.69, 9.17) is 5.73 Å². The van der Waals surface area contributed by atoms with Crippen LogP contribution < -0.4 is 11.1 Å². The number of pyridine rings is 2. The summed E-state index contributed by atoms with van der Waals surface area (Å²) in [7, 11) is 0. The van der Waals surface area contributed by atoms with E-state index in [9.17, 15) is 19.4 Å². The summed E-state index contributed by atoms with van der Waals surface area (Å²) in [4.78, 5) is 21.3. The van der Waals surface area contributed by atoms with Crippen LogP contribution in [-0.2, 0) is 5.60 Å². The highest BCUT2D eigenvalue weighted by atomic mass is 19.1.